The Labute approximate surface area is 222 Å². The van der Waals surface area contributed by atoms with E-state index in [4.69, 9.17) is 0 Å². The standard InChI is InChI=1S/C34H21NS2/c1-2-8-22-19-23(16-15-21(22)7-1)24-17-18-30-26(20-24)34-28(11-6-14-32(34)37-30)35-27-10-5-13-31-33(27)25-9-3-4-12-29(25)36-31/h1-20,35H. The molecule has 3 heteroatoms. The summed E-state index contributed by atoms with van der Waals surface area (Å²) in [5, 5.41) is 11.6. The molecule has 0 atom stereocenters. The Balaban J connectivity index is 1.31. The van der Waals surface area contributed by atoms with Crippen molar-refractivity contribution in [1.29, 1.82) is 0 Å². The first-order valence-corrected chi connectivity index (χ1v) is 14.1. The van der Waals surface area contributed by atoms with Crippen LogP contribution in [0.4, 0.5) is 11.4 Å². The number of hydrogen-bond acceptors (Lipinski definition) is 3. The highest BCUT2D eigenvalue weighted by molar-refractivity contribution is 7.26. The SMILES string of the molecule is c1ccc2cc(-c3ccc4sc5cccc(Nc6cccc7sc8ccccc8c67)c5c4c3)ccc2c1. The third kappa shape index (κ3) is 3.36. The van der Waals surface area contributed by atoms with E-state index in [9.17, 15) is 0 Å². The molecular formula is C34H21NS2. The summed E-state index contributed by atoms with van der Waals surface area (Å²) in [5.41, 5.74) is 4.81. The van der Waals surface area contributed by atoms with Gasteiger partial charge in [-0.05, 0) is 70.4 Å². The van der Waals surface area contributed by atoms with Crippen LogP contribution in [0.15, 0.2) is 121 Å². The fourth-order valence-corrected chi connectivity index (χ4v) is 7.75. The molecule has 0 aliphatic rings. The molecule has 37 heavy (non-hydrogen) atoms. The van der Waals surface area contributed by atoms with Gasteiger partial charge < -0.3 is 5.32 Å². The van der Waals surface area contributed by atoms with Crippen LogP contribution in [0.1, 0.15) is 0 Å². The zero-order valence-corrected chi connectivity index (χ0v) is 21.5. The van der Waals surface area contributed by atoms with Crippen molar-refractivity contribution in [2.45, 2.75) is 0 Å². The second-order valence-electron chi connectivity index (χ2n) is 9.46. The minimum Gasteiger partial charge on any atom is -0.354 e. The molecule has 8 aromatic rings. The average molecular weight is 508 g/mol. The summed E-state index contributed by atoms with van der Waals surface area (Å²) in [7, 11) is 0. The molecule has 0 amide bonds. The van der Waals surface area contributed by atoms with Crippen molar-refractivity contribution in [1.82, 2.24) is 0 Å². The topological polar surface area (TPSA) is 12.0 Å². The van der Waals surface area contributed by atoms with Crippen LogP contribution >= 0.6 is 22.7 Å². The summed E-state index contributed by atoms with van der Waals surface area (Å²) >= 11 is 3.72. The summed E-state index contributed by atoms with van der Waals surface area (Å²) in [6.45, 7) is 0. The van der Waals surface area contributed by atoms with Gasteiger partial charge in [-0.1, -0.05) is 72.8 Å². The molecule has 2 aromatic heterocycles. The quantitative estimate of drug-likeness (QED) is 0.251. The van der Waals surface area contributed by atoms with Crippen LogP contribution in [-0.2, 0) is 0 Å². The molecule has 0 bridgehead atoms. The van der Waals surface area contributed by atoms with E-state index in [0.29, 0.717) is 0 Å². The van der Waals surface area contributed by atoms with E-state index in [1.807, 2.05) is 22.7 Å². The molecule has 0 saturated carbocycles. The van der Waals surface area contributed by atoms with Crippen LogP contribution in [0, 0.1) is 0 Å². The maximum Gasteiger partial charge on any atom is 0.0478 e. The lowest BCUT2D eigenvalue weighted by Crippen LogP contribution is -1.91. The Morgan fingerprint density at radius 1 is 0.405 bits per heavy atom. The average Bonchev–Trinajstić information content (AvgIpc) is 3.52. The van der Waals surface area contributed by atoms with Crippen molar-refractivity contribution in [3.8, 4) is 11.1 Å². The molecule has 6 aromatic carbocycles. The van der Waals surface area contributed by atoms with Crippen molar-refractivity contribution >= 4 is 85.2 Å². The lowest BCUT2D eigenvalue weighted by Gasteiger charge is -2.11. The van der Waals surface area contributed by atoms with Gasteiger partial charge in [-0.25, -0.2) is 0 Å². The Hall–Kier alpha value is -4.18. The van der Waals surface area contributed by atoms with E-state index in [1.165, 1.54) is 62.2 Å². The molecule has 0 aliphatic heterocycles. The molecule has 0 spiro atoms. The van der Waals surface area contributed by atoms with Gasteiger partial charge in [-0.3, -0.25) is 0 Å². The van der Waals surface area contributed by atoms with Crippen LogP contribution in [0.2, 0.25) is 0 Å². The normalized spacial score (nSPS) is 11.8. The molecule has 0 aliphatic carbocycles. The Morgan fingerprint density at radius 3 is 1.81 bits per heavy atom. The predicted molar refractivity (Wildman–Crippen MR) is 165 cm³/mol. The van der Waals surface area contributed by atoms with E-state index in [0.717, 1.165) is 11.4 Å². The van der Waals surface area contributed by atoms with Gasteiger partial charge >= 0.3 is 0 Å². The fourth-order valence-electron chi connectivity index (χ4n) is 5.50. The lowest BCUT2D eigenvalue weighted by atomic mass is 9.99. The first-order chi connectivity index (χ1) is 18.3. The van der Waals surface area contributed by atoms with Crippen LogP contribution in [0.3, 0.4) is 0 Å². The summed E-state index contributed by atoms with van der Waals surface area (Å²) in [6.07, 6.45) is 0. The maximum absolute atomic E-state index is 3.84. The zero-order chi connectivity index (χ0) is 24.3. The number of nitrogens with one attached hydrogen (secondary N) is 1. The summed E-state index contributed by atoms with van der Waals surface area (Å²) in [6, 6.07) is 44.1. The third-order valence-electron chi connectivity index (χ3n) is 7.25. The van der Waals surface area contributed by atoms with E-state index < -0.39 is 0 Å². The lowest BCUT2D eigenvalue weighted by molar-refractivity contribution is 1.64. The van der Waals surface area contributed by atoms with Crippen molar-refractivity contribution < 1.29 is 0 Å². The molecule has 1 N–H and O–H groups in total. The molecule has 0 unspecified atom stereocenters. The number of thiophene rings is 2. The molecule has 0 saturated heterocycles. The van der Waals surface area contributed by atoms with Gasteiger partial charge in [0.15, 0.2) is 0 Å². The van der Waals surface area contributed by atoms with Gasteiger partial charge in [0.1, 0.15) is 0 Å². The Kier molecular flexibility index (Phi) is 4.63. The van der Waals surface area contributed by atoms with Crippen LogP contribution in [0.25, 0.3) is 62.2 Å². The highest BCUT2D eigenvalue weighted by Gasteiger charge is 2.14. The van der Waals surface area contributed by atoms with Crippen LogP contribution < -0.4 is 5.32 Å². The summed E-state index contributed by atoms with van der Waals surface area (Å²) in [5.74, 6) is 0. The zero-order valence-electron chi connectivity index (χ0n) is 19.9. The van der Waals surface area contributed by atoms with Crippen LogP contribution in [-0.4, -0.2) is 0 Å². The Morgan fingerprint density at radius 2 is 1.00 bits per heavy atom. The second kappa shape index (κ2) is 8.17. The summed E-state index contributed by atoms with van der Waals surface area (Å²) in [4.78, 5) is 0. The van der Waals surface area contributed by atoms with Gasteiger partial charge in [0.2, 0.25) is 0 Å². The molecule has 0 radical (unpaired) electrons. The number of anilines is 2. The minimum atomic E-state index is 1.15. The largest absolute Gasteiger partial charge is 0.354 e. The molecular weight excluding hydrogens is 487 g/mol. The van der Waals surface area contributed by atoms with Gasteiger partial charge in [0, 0.05) is 51.7 Å². The Bertz CT molecular complexity index is 2130. The highest BCUT2D eigenvalue weighted by Crippen LogP contribution is 2.43. The van der Waals surface area contributed by atoms with E-state index in [-0.39, 0.29) is 0 Å². The number of rotatable bonds is 3. The first kappa shape index (κ1) is 21.0. The van der Waals surface area contributed by atoms with Crippen molar-refractivity contribution in [2.75, 3.05) is 5.32 Å². The van der Waals surface area contributed by atoms with E-state index in [2.05, 4.69) is 127 Å². The van der Waals surface area contributed by atoms with E-state index >= 15 is 0 Å². The molecule has 8 rings (SSSR count). The minimum absolute atomic E-state index is 1.15. The third-order valence-corrected chi connectivity index (χ3v) is 9.52. The number of fused-ring (bicyclic) bond motifs is 7. The van der Waals surface area contributed by atoms with Crippen LogP contribution in [0.5, 0.6) is 0 Å². The molecule has 174 valence electrons. The first-order valence-electron chi connectivity index (χ1n) is 12.4. The van der Waals surface area contributed by atoms with E-state index in [1.54, 1.807) is 0 Å². The molecule has 2 heterocycles. The van der Waals surface area contributed by atoms with Gasteiger partial charge in [-0.15, -0.1) is 22.7 Å². The second-order valence-corrected chi connectivity index (χ2v) is 11.6. The van der Waals surface area contributed by atoms with Crippen molar-refractivity contribution in [2.24, 2.45) is 0 Å². The number of benzene rings is 6. The maximum atomic E-state index is 3.84. The number of hydrogen-bond donors (Lipinski definition) is 1. The predicted octanol–water partition coefficient (Wildman–Crippen LogP) is 11.0. The van der Waals surface area contributed by atoms with Gasteiger partial charge in [0.05, 0.1) is 0 Å². The summed E-state index contributed by atoms with van der Waals surface area (Å²) < 4.78 is 5.25. The van der Waals surface area contributed by atoms with Crippen molar-refractivity contribution in [3.05, 3.63) is 121 Å². The van der Waals surface area contributed by atoms with Crippen molar-refractivity contribution in [3.63, 3.8) is 0 Å². The monoisotopic (exact) mass is 507 g/mol. The smallest absolute Gasteiger partial charge is 0.0478 e. The molecule has 1 nitrogen and oxygen atoms in total. The van der Waals surface area contributed by atoms with Gasteiger partial charge in [0.25, 0.3) is 0 Å². The molecule has 0 fully saturated rings. The fraction of sp³-hybridized carbons (Fsp3) is 0. The highest BCUT2D eigenvalue weighted by atomic mass is 32.1. The van der Waals surface area contributed by atoms with Gasteiger partial charge in [-0.2, -0.15) is 0 Å².